The molecule has 0 aromatic heterocycles. The summed E-state index contributed by atoms with van der Waals surface area (Å²) in [5.74, 6) is 0. The highest BCUT2D eigenvalue weighted by Crippen LogP contribution is 1.89. The van der Waals surface area contributed by atoms with Crippen LogP contribution >= 0.6 is 0 Å². The first-order valence-electron chi connectivity index (χ1n) is 5.07. The van der Waals surface area contributed by atoms with E-state index in [2.05, 4.69) is 11.9 Å². The lowest BCUT2D eigenvalue weighted by Gasteiger charge is -2.21. The third kappa shape index (κ3) is 18.7. The Kier molecular flexibility index (Phi) is 14.0. The van der Waals surface area contributed by atoms with Crippen molar-refractivity contribution in [2.24, 2.45) is 0 Å². The van der Waals surface area contributed by atoms with Crippen molar-refractivity contribution >= 4 is 0 Å². The van der Waals surface area contributed by atoms with Gasteiger partial charge in [0.25, 0.3) is 0 Å². The van der Waals surface area contributed by atoms with E-state index in [0.29, 0.717) is 0 Å². The third-order valence-corrected chi connectivity index (χ3v) is 1.23. The molecule has 0 atom stereocenters. The Balaban J connectivity index is 0. The van der Waals surface area contributed by atoms with Crippen molar-refractivity contribution in [2.75, 3.05) is 33.4 Å². The molecule has 82 valence electrons. The summed E-state index contributed by atoms with van der Waals surface area (Å²) in [5, 5.41) is 8.06. The summed E-state index contributed by atoms with van der Waals surface area (Å²) < 4.78 is 5.10. The smallest absolute Gasteiger partial charge is 0.0594 e. The van der Waals surface area contributed by atoms with E-state index in [-0.39, 0.29) is 6.10 Å². The molecule has 1 heterocycles. The van der Waals surface area contributed by atoms with Crippen LogP contribution in [0.15, 0.2) is 0 Å². The minimum absolute atomic E-state index is 0.167. The topological polar surface area (TPSA) is 32.7 Å². The highest BCUT2D eigenvalue weighted by atomic mass is 16.5. The van der Waals surface area contributed by atoms with E-state index in [1.54, 1.807) is 13.8 Å². The third-order valence-electron chi connectivity index (χ3n) is 1.23. The molecular weight excluding hydrogens is 166 g/mol. The van der Waals surface area contributed by atoms with Crippen LogP contribution in [0.3, 0.4) is 0 Å². The van der Waals surface area contributed by atoms with Gasteiger partial charge in [-0.25, -0.2) is 0 Å². The Bertz CT molecular complexity index is 78.2. The highest BCUT2D eigenvalue weighted by molar-refractivity contribution is 4.53. The molecule has 0 unspecified atom stereocenters. The molecule has 0 amide bonds. The standard InChI is InChI=1S/C5H11NO.C3H8O.C2H6/c1-6-2-4-7-5-3-6;1-3(2)4;1-2/h2-5H2,1H3;3-4H,1-2H3;1-2H3. The zero-order valence-corrected chi connectivity index (χ0v) is 9.71. The molecule has 0 aromatic rings. The Labute approximate surface area is 82.7 Å². The molecule has 3 heteroatoms. The van der Waals surface area contributed by atoms with Gasteiger partial charge < -0.3 is 14.7 Å². The zero-order valence-electron chi connectivity index (χ0n) is 9.71. The average molecular weight is 191 g/mol. The van der Waals surface area contributed by atoms with Crippen molar-refractivity contribution in [1.29, 1.82) is 0 Å². The predicted molar refractivity (Wildman–Crippen MR) is 57.0 cm³/mol. The van der Waals surface area contributed by atoms with Crippen molar-refractivity contribution in [2.45, 2.75) is 33.8 Å². The summed E-state index contributed by atoms with van der Waals surface area (Å²) in [6.45, 7) is 11.5. The number of aliphatic hydroxyl groups excluding tert-OH is 1. The fourth-order valence-corrected chi connectivity index (χ4v) is 0.655. The normalized spacial score (nSPS) is 16.8. The monoisotopic (exact) mass is 191 g/mol. The number of hydrogen-bond acceptors (Lipinski definition) is 3. The van der Waals surface area contributed by atoms with Crippen molar-refractivity contribution in [3.63, 3.8) is 0 Å². The maximum atomic E-state index is 8.06. The van der Waals surface area contributed by atoms with Crippen molar-refractivity contribution in [1.82, 2.24) is 4.90 Å². The molecule has 0 spiro atoms. The number of nitrogens with zero attached hydrogens (tertiary/aromatic N) is 1. The second-order valence-electron chi connectivity index (χ2n) is 3.01. The second-order valence-corrected chi connectivity index (χ2v) is 3.01. The number of likely N-dealkylation sites (N-methyl/N-ethyl adjacent to an activating group) is 1. The van der Waals surface area contributed by atoms with Crippen molar-refractivity contribution in [3.05, 3.63) is 0 Å². The molecule has 0 radical (unpaired) electrons. The number of rotatable bonds is 0. The fourth-order valence-electron chi connectivity index (χ4n) is 0.655. The van der Waals surface area contributed by atoms with Crippen LogP contribution < -0.4 is 0 Å². The number of ether oxygens (including phenoxy) is 1. The van der Waals surface area contributed by atoms with Gasteiger partial charge in [0.2, 0.25) is 0 Å². The molecule has 1 N–H and O–H groups in total. The number of morpholine rings is 1. The molecule has 1 fully saturated rings. The molecule has 0 saturated carbocycles. The highest BCUT2D eigenvalue weighted by Gasteiger charge is 2.02. The van der Waals surface area contributed by atoms with E-state index in [0.717, 1.165) is 26.3 Å². The Hall–Kier alpha value is -0.120. The van der Waals surface area contributed by atoms with Gasteiger partial charge >= 0.3 is 0 Å². The van der Waals surface area contributed by atoms with Crippen LogP contribution in [0, 0.1) is 0 Å². The maximum absolute atomic E-state index is 8.06. The van der Waals surface area contributed by atoms with E-state index in [1.807, 2.05) is 13.8 Å². The zero-order chi connectivity index (χ0) is 10.7. The van der Waals surface area contributed by atoms with Gasteiger partial charge in [0.15, 0.2) is 0 Å². The predicted octanol–water partition coefficient (Wildman–Crippen LogP) is 1.36. The quantitative estimate of drug-likeness (QED) is 0.627. The van der Waals surface area contributed by atoms with Crippen LogP contribution in [-0.2, 0) is 4.74 Å². The molecule has 0 aliphatic carbocycles. The van der Waals surface area contributed by atoms with E-state index >= 15 is 0 Å². The Morgan fingerprint density at radius 2 is 1.46 bits per heavy atom. The molecular formula is C10H25NO2. The summed E-state index contributed by atoms with van der Waals surface area (Å²) in [5.41, 5.74) is 0. The van der Waals surface area contributed by atoms with E-state index in [1.165, 1.54) is 0 Å². The number of aliphatic hydroxyl groups is 1. The fraction of sp³-hybridized carbons (Fsp3) is 1.00. The first kappa shape index (κ1) is 15.4. The molecule has 1 saturated heterocycles. The minimum Gasteiger partial charge on any atom is -0.394 e. The van der Waals surface area contributed by atoms with E-state index in [4.69, 9.17) is 9.84 Å². The molecule has 0 bridgehead atoms. The summed E-state index contributed by atoms with van der Waals surface area (Å²) in [6, 6.07) is 0. The maximum Gasteiger partial charge on any atom is 0.0594 e. The molecule has 1 aliphatic rings. The van der Waals surface area contributed by atoms with Crippen LogP contribution in [-0.4, -0.2) is 49.5 Å². The lowest BCUT2D eigenvalue weighted by Crippen LogP contribution is -2.32. The van der Waals surface area contributed by atoms with Gasteiger partial charge in [0.1, 0.15) is 0 Å². The van der Waals surface area contributed by atoms with Crippen LogP contribution in [0.25, 0.3) is 0 Å². The van der Waals surface area contributed by atoms with Gasteiger partial charge in [-0.1, -0.05) is 13.8 Å². The van der Waals surface area contributed by atoms with Gasteiger partial charge in [-0.3, -0.25) is 0 Å². The minimum atomic E-state index is -0.167. The lowest BCUT2D eigenvalue weighted by atomic mass is 10.5. The van der Waals surface area contributed by atoms with Gasteiger partial charge in [-0.2, -0.15) is 0 Å². The van der Waals surface area contributed by atoms with E-state index in [9.17, 15) is 0 Å². The van der Waals surface area contributed by atoms with Crippen molar-refractivity contribution in [3.8, 4) is 0 Å². The summed E-state index contributed by atoms with van der Waals surface area (Å²) in [7, 11) is 2.11. The molecule has 1 aliphatic heterocycles. The van der Waals surface area contributed by atoms with Crippen molar-refractivity contribution < 1.29 is 9.84 Å². The summed E-state index contributed by atoms with van der Waals surface area (Å²) in [4.78, 5) is 2.27. The first-order chi connectivity index (χ1) is 6.13. The average Bonchev–Trinajstić information content (AvgIpc) is 2.08. The van der Waals surface area contributed by atoms with Crippen LogP contribution in [0.1, 0.15) is 27.7 Å². The van der Waals surface area contributed by atoms with Crippen LogP contribution in [0.2, 0.25) is 0 Å². The SMILES string of the molecule is CC.CC(C)O.CN1CCOCC1. The largest absolute Gasteiger partial charge is 0.394 e. The molecule has 3 nitrogen and oxygen atoms in total. The summed E-state index contributed by atoms with van der Waals surface area (Å²) >= 11 is 0. The first-order valence-corrected chi connectivity index (χ1v) is 5.07. The molecule has 13 heavy (non-hydrogen) atoms. The van der Waals surface area contributed by atoms with Gasteiger partial charge in [-0.05, 0) is 20.9 Å². The van der Waals surface area contributed by atoms with Crippen LogP contribution in [0.4, 0.5) is 0 Å². The lowest BCUT2D eigenvalue weighted by molar-refractivity contribution is 0.0503. The number of hydrogen-bond donors (Lipinski definition) is 1. The second kappa shape index (κ2) is 11.9. The van der Waals surface area contributed by atoms with Gasteiger partial charge in [0, 0.05) is 19.2 Å². The van der Waals surface area contributed by atoms with E-state index < -0.39 is 0 Å². The van der Waals surface area contributed by atoms with Gasteiger partial charge in [-0.15, -0.1) is 0 Å². The van der Waals surface area contributed by atoms with Gasteiger partial charge in [0.05, 0.1) is 13.2 Å². The molecule has 1 rings (SSSR count). The Morgan fingerprint density at radius 1 is 1.15 bits per heavy atom. The Morgan fingerprint density at radius 3 is 1.62 bits per heavy atom. The van der Waals surface area contributed by atoms with Crippen LogP contribution in [0.5, 0.6) is 0 Å². The summed E-state index contributed by atoms with van der Waals surface area (Å²) in [6.07, 6.45) is -0.167. The molecule has 0 aromatic carbocycles.